The van der Waals surface area contributed by atoms with Crippen molar-refractivity contribution in [2.24, 2.45) is 0 Å². The van der Waals surface area contributed by atoms with Gasteiger partial charge in [-0.25, -0.2) is 0 Å². The number of methoxy groups -OCH3 is 2. The topological polar surface area (TPSA) is 38.8 Å². The van der Waals surface area contributed by atoms with Crippen molar-refractivity contribution in [1.29, 1.82) is 0 Å². The summed E-state index contributed by atoms with van der Waals surface area (Å²) < 4.78 is 10.7. The van der Waals surface area contributed by atoms with Crippen molar-refractivity contribution in [1.82, 2.24) is 4.90 Å². The monoisotopic (exact) mass is 353 g/mol. The van der Waals surface area contributed by atoms with Crippen LogP contribution in [0.1, 0.15) is 34.2 Å². The molecule has 0 bridgehead atoms. The first-order valence-corrected chi connectivity index (χ1v) is 9.08. The minimum Gasteiger partial charge on any atom is -0.493 e. The van der Waals surface area contributed by atoms with Gasteiger partial charge in [0.05, 0.1) is 20.6 Å². The second kappa shape index (κ2) is 7.81. The number of ether oxygens (including phenoxy) is 2. The molecule has 0 saturated carbocycles. The summed E-state index contributed by atoms with van der Waals surface area (Å²) in [6, 6.07) is 10.4. The molecule has 0 N–H and O–H groups in total. The van der Waals surface area contributed by atoms with Gasteiger partial charge in [-0.15, -0.1) is 0 Å². The number of fused-ring (bicyclic) bond motifs is 1. The smallest absolute Gasteiger partial charge is 0.227 e. The van der Waals surface area contributed by atoms with Gasteiger partial charge in [-0.3, -0.25) is 4.79 Å². The van der Waals surface area contributed by atoms with Crippen LogP contribution in [0.15, 0.2) is 30.3 Å². The predicted molar refractivity (Wildman–Crippen MR) is 103 cm³/mol. The minimum atomic E-state index is 0.122. The zero-order valence-corrected chi connectivity index (χ0v) is 16.1. The summed E-state index contributed by atoms with van der Waals surface area (Å²) >= 11 is 0. The van der Waals surface area contributed by atoms with Crippen LogP contribution >= 0.6 is 0 Å². The predicted octanol–water partition coefficient (Wildman–Crippen LogP) is 3.70. The van der Waals surface area contributed by atoms with E-state index in [1.807, 2.05) is 26.1 Å². The van der Waals surface area contributed by atoms with Crippen molar-refractivity contribution in [3.8, 4) is 11.5 Å². The lowest BCUT2D eigenvalue weighted by Gasteiger charge is -2.20. The number of aryl methyl sites for hydroxylation is 3. The van der Waals surface area contributed by atoms with Crippen LogP contribution in [-0.2, 0) is 30.6 Å². The molecule has 0 spiro atoms. The summed E-state index contributed by atoms with van der Waals surface area (Å²) in [6.07, 6.45) is 3.97. The molecule has 0 saturated heterocycles. The fraction of sp³-hybridized carbons (Fsp3) is 0.409. The van der Waals surface area contributed by atoms with E-state index in [0.29, 0.717) is 24.5 Å². The van der Waals surface area contributed by atoms with Gasteiger partial charge in [-0.05, 0) is 66.1 Å². The molecule has 4 nitrogen and oxygen atoms in total. The quantitative estimate of drug-likeness (QED) is 0.795. The van der Waals surface area contributed by atoms with E-state index in [1.54, 1.807) is 19.1 Å². The van der Waals surface area contributed by atoms with Crippen molar-refractivity contribution in [2.45, 2.75) is 39.2 Å². The second-order valence-electron chi connectivity index (χ2n) is 7.02. The van der Waals surface area contributed by atoms with Crippen LogP contribution in [0.4, 0.5) is 0 Å². The Balaban J connectivity index is 1.69. The molecule has 26 heavy (non-hydrogen) atoms. The molecule has 0 heterocycles. The van der Waals surface area contributed by atoms with E-state index in [0.717, 1.165) is 23.1 Å². The Labute approximate surface area is 155 Å². The Bertz CT molecular complexity index is 813. The molecule has 0 atom stereocenters. The third-order valence-corrected chi connectivity index (χ3v) is 5.19. The van der Waals surface area contributed by atoms with E-state index >= 15 is 0 Å². The molecule has 3 rings (SSSR count). The molecular formula is C22H27NO3. The van der Waals surface area contributed by atoms with Crippen molar-refractivity contribution >= 4 is 5.91 Å². The van der Waals surface area contributed by atoms with Crippen LogP contribution in [0.25, 0.3) is 0 Å². The van der Waals surface area contributed by atoms with Gasteiger partial charge in [0.1, 0.15) is 0 Å². The zero-order valence-electron chi connectivity index (χ0n) is 16.1. The highest BCUT2D eigenvalue weighted by atomic mass is 16.5. The number of benzene rings is 2. The first-order valence-electron chi connectivity index (χ1n) is 9.08. The molecule has 2 aromatic rings. The molecule has 2 aromatic carbocycles. The Morgan fingerprint density at radius 1 is 1.04 bits per heavy atom. The lowest BCUT2D eigenvalue weighted by Crippen LogP contribution is -2.28. The molecule has 0 radical (unpaired) electrons. The summed E-state index contributed by atoms with van der Waals surface area (Å²) in [5, 5.41) is 0. The molecule has 0 unspecified atom stereocenters. The first-order chi connectivity index (χ1) is 12.5. The molecule has 138 valence electrons. The maximum atomic E-state index is 12.7. The van der Waals surface area contributed by atoms with Crippen molar-refractivity contribution in [3.63, 3.8) is 0 Å². The highest BCUT2D eigenvalue weighted by Gasteiger charge is 2.16. The van der Waals surface area contributed by atoms with Crippen LogP contribution in [0.2, 0.25) is 0 Å². The van der Waals surface area contributed by atoms with Crippen molar-refractivity contribution in [3.05, 3.63) is 58.1 Å². The van der Waals surface area contributed by atoms with Crippen LogP contribution in [-0.4, -0.2) is 32.1 Å². The molecule has 0 aliphatic heterocycles. The minimum absolute atomic E-state index is 0.122. The van der Waals surface area contributed by atoms with Crippen LogP contribution in [0.3, 0.4) is 0 Å². The largest absolute Gasteiger partial charge is 0.493 e. The van der Waals surface area contributed by atoms with Gasteiger partial charge in [0, 0.05) is 13.6 Å². The highest BCUT2D eigenvalue weighted by molar-refractivity contribution is 5.78. The Morgan fingerprint density at radius 3 is 2.46 bits per heavy atom. The van der Waals surface area contributed by atoms with E-state index in [1.165, 1.54) is 24.0 Å². The highest BCUT2D eigenvalue weighted by Crippen LogP contribution is 2.31. The number of hydrogen-bond acceptors (Lipinski definition) is 3. The lowest BCUT2D eigenvalue weighted by molar-refractivity contribution is -0.129. The van der Waals surface area contributed by atoms with E-state index < -0.39 is 0 Å². The van der Waals surface area contributed by atoms with Gasteiger partial charge in [-0.2, -0.15) is 0 Å². The van der Waals surface area contributed by atoms with Gasteiger partial charge in [0.2, 0.25) is 5.91 Å². The van der Waals surface area contributed by atoms with E-state index in [2.05, 4.69) is 18.2 Å². The van der Waals surface area contributed by atoms with E-state index in [9.17, 15) is 4.79 Å². The summed E-state index contributed by atoms with van der Waals surface area (Å²) in [5.41, 5.74) is 6.10. The number of carbonyl (C=O) groups excluding carboxylic acids is 1. The van der Waals surface area contributed by atoms with Crippen molar-refractivity contribution < 1.29 is 14.3 Å². The second-order valence-corrected chi connectivity index (χ2v) is 7.02. The number of carbonyl (C=O) groups is 1. The molecule has 0 aromatic heterocycles. The van der Waals surface area contributed by atoms with Gasteiger partial charge < -0.3 is 14.4 Å². The normalized spacial score (nSPS) is 12.6. The standard InChI is InChI=1S/C22H27NO3/c1-15-10-20(25-3)21(26-4)13-19(15)14-23(2)22(24)12-16-8-9-17-6-5-7-18(17)11-16/h8-11,13H,5-7,12,14H2,1-4H3. The molecule has 0 fully saturated rings. The average Bonchev–Trinajstić information content (AvgIpc) is 3.10. The van der Waals surface area contributed by atoms with Crippen LogP contribution < -0.4 is 9.47 Å². The summed E-state index contributed by atoms with van der Waals surface area (Å²) in [4.78, 5) is 14.5. The van der Waals surface area contributed by atoms with Crippen LogP contribution in [0, 0.1) is 6.92 Å². The molecule has 1 aliphatic carbocycles. The maximum Gasteiger partial charge on any atom is 0.227 e. The number of rotatable bonds is 6. The summed E-state index contributed by atoms with van der Waals surface area (Å²) in [7, 11) is 5.11. The average molecular weight is 353 g/mol. The fourth-order valence-electron chi connectivity index (χ4n) is 3.58. The van der Waals surface area contributed by atoms with E-state index in [4.69, 9.17) is 9.47 Å². The SMILES string of the molecule is COc1cc(C)c(CN(C)C(=O)Cc2ccc3c(c2)CCC3)cc1OC. The van der Waals surface area contributed by atoms with Crippen LogP contribution in [0.5, 0.6) is 11.5 Å². The number of likely N-dealkylation sites (N-methyl/N-ethyl adjacent to an activating group) is 1. The van der Waals surface area contributed by atoms with E-state index in [-0.39, 0.29) is 5.91 Å². The molecule has 4 heteroatoms. The Hall–Kier alpha value is -2.49. The number of nitrogens with zero attached hydrogens (tertiary/aromatic N) is 1. The van der Waals surface area contributed by atoms with Gasteiger partial charge in [-0.1, -0.05) is 18.2 Å². The Morgan fingerprint density at radius 2 is 1.73 bits per heavy atom. The zero-order chi connectivity index (χ0) is 18.7. The maximum absolute atomic E-state index is 12.7. The van der Waals surface area contributed by atoms with Gasteiger partial charge in [0.15, 0.2) is 11.5 Å². The summed E-state index contributed by atoms with van der Waals surface area (Å²) in [6.45, 7) is 2.58. The number of amides is 1. The number of hydrogen-bond donors (Lipinski definition) is 0. The third kappa shape index (κ3) is 3.85. The molecular weight excluding hydrogens is 326 g/mol. The summed E-state index contributed by atoms with van der Waals surface area (Å²) in [5.74, 6) is 1.52. The first kappa shape index (κ1) is 18.3. The lowest BCUT2D eigenvalue weighted by atomic mass is 10.0. The molecule has 1 aliphatic rings. The van der Waals surface area contributed by atoms with Gasteiger partial charge >= 0.3 is 0 Å². The fourth-order valence-corrected chi connectivity index (χ4v) is 3.58. The third-order valence-electron chi connectivity index (χ3n) is 5.19. The Kier molecular flexibility index (Phi) is 5.50. The van der Waals surface area contributed by atoms with Gasteiger partial charge in [0.25, 0.3) is 0 Å². The van der Waals surface area contributed by atoms with Crippen molar-refractivity contribution in [2.75, 3.05) is 21.3 Å². The molecule has 1 amide bonds.